The number of nitrogen functional groups attached to an aromatic ring is 1. The Hall–Kier alpha value is -3.83. The second-order valence-electron chi connectivity index (χ2n) is 11.6. The molecule has 6 atom stereocenters. The number of likely N-dealkylation sites (N-methyl/N-ethyl adjacent to an activating group) is 1. The van der Waals surface area contributed by atoms with Crippen molar-refractivity contribution in [1.29, 1.82) is 0 Å². The molecule has 0 radical (unpaired) electrons. The lowest BCUT2D eigenvalue weighted by Crippen LogP contribution is -2.66. The Balaban J connectivity index is 1.35. The number of fused-ring (bicyclic) bond motifs is 1. The molecule has 14 nitrogen and oxygen atoms in total. The van der Waals surface area contributed by atoms with E-state index in [2.05, 4.69) is 19.8 Å². The largest absolute Gasteiger partial charge is 0.497 e. The molecule has 2 aliphatic heterocycles. The van der Waals surface area contributed by atoms with Crippen molar-refractivity contribution in [3.05, 3.63) is 59.0 Å². The number of aromatic nitrogens is 2. The molecular formula is C30H37N6O8S2+. The summed E-state index contributed by atoms with van der Waals surface area (Å²) in [6.07, 6.45) is 2.72. The van der Waals surface area contributed by atoms with Crippen LogP contribution in [-0.2, 0) is 30.6 Å². The third-order valence-corrected chi connectivity index (χ3v) is 10.3. The number of nitrogens with two attached hydrogens (primary N) is 1. The lowest BCUT2D eigenvalue weighted by atomic mass is 9.71. The molecule has 0 spiro atoms. The van der Waals surface area contributed by atoms with Crippen LogP contribution >= 0.6 is 23.3 Å². The number of Topliss-reactive ketones (excluding diaryl/α,β-unsaturated/α-hetero) is 1. The lowest BCUT2D eigenvalue weighted by molar-refractivity contribution is -0.913. The van der Waals surface area contributed by atoms with E-state index in [-0.39, 0.29) is 34.6 Å². The number of ether oxygens (including phenoxy) is 2. The molecule has 2 aromatic rings. The Morgan fingerprint density at radius 2 is 1.98 bits per heavy atom. The molecule has 1 aromatic heterocycles. The van der Waals surface area contributed by atoms with Gasteiger partial charge in [0.2, 0.25) is 11.5 Å². The highest BCUT2D eigenvalue weighted by Gasteiger charge is 2.56. The van der Waals surface area contributed by atoms with Crippen LogP contribution in [0, 0.1) is 5.92 Å². The standard InChI is InChI=1S/C30H36N6O8S2/c1-36(12-10-19(37)20(38)13-36)11-4-5-17-15-45-26-22(21(17)29(41)44-14-16-6-8-18(42-2)9-7-16)25(39)23(26)32-28(40)24(34-43-3)27-33-30(31)46-35-27/h4-9,19-20,22-23,26,37-38H,10-15H2,1-3H3,(H2-,31,32,33,35,40)/p+1/b5-4+,34-24-/t19-,20+,22?,23+,26-,36?/m0/s1. The quantitative estimate of drug-likeness (QED) is 0.111. The van der Waals surface area contributed by atoms with Gasteiger partial charge in [-0.25, -0.2) is 4.79 Å². The predicted octanol–water partition coefficient (Wildman–Crippen LogP) is 0.447. The summed E-state index contributed by atoms with van der Waals surface area (Å²) in [6, 6.07) is 6.23. The number of thioether (sulfide) groups is 1. The van der Waals surface area contributed by atoms with E-state index in [0.717, 1.165) is 17.1 Å². The fourth-order valence-electron chi connectivity index (χ4n) is 5.78. The van der Waals surface area contributed by atoms with Gasteiger partial charge in [0.25, 0.3) is 5.91 Å². The van der Waals surface area contributed by atoms with Gasteiger partial charge in [0.1, 0.15) is 38.2 Å². The molecule has 3 heterocycles. The normalized spacial score (nSPS) is 28.0. The van der Waals surface area contributed by atoms with E-state index < -0.39 is 41.3 Å². The Labute approximate surface area is 274 Å². The molecule has 1 saturated heterocycles. The highest BCUT2D eigenvalue weighted by molar-refractivity contribution is 8.00. The van der Waals surface area contributed by atoms with Gasteiger partial charge in [-0.05, 0) is 29.3 Å². The number of quaternary nitrogens is 1. The third kappa shape index (κ3) is 7.25. The number of methoxy groups -OCH3 is 1. The number of ketones is 1. The van der Waals surface area contributed by atoms with Crippen LogP contribution in [0.5, 0.6) is 5.75 Å². The van der Waals surface area contributed by atoms with E-state index in [1.807, 2.05) is 19.2 Å². The Kier molecular flexibility index (Phi) is 10.4. The molecular weight excluding hydrogens is 636 g/mol. The van der Waals surface area contributed by atoms with Gasteiger partial charge in [-0.1, -0.05) is 23.4 Å². The summed E-state index contributed by atoms with van der Waals surface area (Å²) in [4.78, 5) is 49.2. The highest BCUT2D eigenvalue weighted by atomic mass is 32.2. The van der Waals surface area contributed by atoms with Crippen molar-refractivity contribution in [3.63, 3.8) is 0 Å². The molecule has 1 amide bonds. The number of aliphatic hydroxyl groups excluding tert-OH is 2. The summed E-state index contributed by atoms with van der Waals surface area (Å²) in [7, 11) is 4.84. The molecule has 1 aromatic carbocycles. The number of anilines is 1. The number of oxime groups is 1. The summed E-state index contributed by atoms with van der Waals surface area (Å²) in [5, 5.41) is 26.3. The molecule has 246 valence electrons. The fraction of sp³-hybridized carbons (Fsp3) is 0.467. The number of allylic oxidation sites excluding steroid dienone is 1. The van der Waals surface area contributed by atoms with Crippen LogP contribution in [0.1, 0.15) is 17.8 Å². The molecule has 46 heavy (non-hydrogen) atoms. The number of carbonyl (C=O) groups is 3. The van der Waals surface area contributed by atoms with Crippen LogP contribution in [0.25, 0.3) is 0 Å². The number of amides is 1. The molecule has 5 rings (SSSR count). The minimum atomic E-state index is -0.888. The summed E-state index contributed by atoms with van der Waals surface area (Å²) in [6.45, 7) is 1.65. The van der Waals surface area contributed by atoms with Crippen molar-refractivity contribution in [2.45, 2.75) is 36.5 Å². The van der Waals surface area contributed by atoms with E-state index in [0.29, 0.717) is 47.6 Å². The summed E-state index contributed by atoms with van der Waals surface area (Å²) >= 11 is 2.35. The molecule has 1 aliphatic carbocycles. The van der Waals surface area contributed by atoms with Crippen LogP contribution < -0.4 is 15.8 Å². The third-order valence-electron chi connectivity index (χ3n) is 8.35. The smallest absolute Gasteiger partial charge is 0.335 e. The number of nitrogens with zero attached hydrogens (tertiary/aromatic N) is 4. The number of piperidine rings is 1. The maximum Gasteiger partial charge on any atom is 0.335 e. The molecule has 2 unspecified atom stereocenters. The van der Waals surface area contributed by atoms with Crippen LogP contribution in [0.4, 0.5) is 5.13 Å². The lowest BCUT2D eigenvalue weighted by Gasteiger charge is -2.46. The number of aliphatic hydroxyl groups is 2. The Morgan fingerprint density at radius 3 is 2.63 bits per heavy atom. The number of rotatable bonds is 11. The van der Waals surface area contributed by atoms with Crippen molar-refractivity contribution in [2.24, 2.45) is 11.1 Å². The van der Waals surface area contributed by atoms with Crippen molar-refractivity contribution in [3.8, 4) is 5.75 Å². The van der Waals surface area contributed by atoms with Crippen molar-refractivity contribution in [1.82, 2.24) is 14.7 Å². The molecule has 3 aliphatic rings. The number of hydrogen-bond donors (Lipinski definition) is 4. The van der Waals surface area contributed by atoms with Crippen LogP contribution in [0.2, 0.25) is 0 Å². The summed E-state index contributed by atoms with van der Waals surface area (Å²) in [5.41, 5.74) is 7.12. The van der Waals surface area contributed by atoms with E-state index >= 15 is 0 Å². The molecule has 2 fully saturated rings. The number of nitrogens with one attached hydrogen (secondary N) is 1. The first-order valence-electron chi connectivity index (χ1n) is 14.6. The van der Waals surface area contributed by atoms with E-state index in [4.69, 9.17) is 20.0 Å². The maximum atomic E-state index is 13.6. The van der Waals surface area contributed by atoms with E-state index in [1.165, 1.54) is 18.9 Å². The second-order valence-corrected chi connectivity index (χ2v) is 13.5. The monoisotopic (exact) mass is 673 g/mol. The van der Waals surface area contributed by atoms with Gasteiger partial charge in [0.05, 0.1) is 44.8 Å². The maximum absolute atomic E-state index is 13.6. The first-order valence-corrected chi connectivity index (χ1v) is 16.4. The zero-order valence-electron chi connectivity index (χ0n) is 25.6. The van der Waals surface area contributed by atoms with E-state index in [1.54, 1.807) is 31.4 Å². The van der Waals surface area contributed by atoms with Gasteiger partial charge < -0.3 is 40.1 Å². The van der Waals surface area contributed by atoms with Crippen molar-refractivity contribution < 1.29 is 43.4 Å². The van der Waals surface area contributed by atoms with Crippen molar-refractivity contribution in [2.75, 3.05) is 52.4 Å². The average Bonchev–Trinajstić information content (AvgIpc) is 3.48. The van der Waals surface area contributed by atoms with Gasteiger partial charge >= 0.3 is 5.97 Å². The summed E-state index contributed by atoms with van der Waals surface area (Å²) in [5.74, 6) is -1.39. The first-order chi connectivity index (χ1) is 22.0. The Morgan fingerprint density at radius 1 is 1.22 bits per heavy atom. The van der Waals surface area contributed by atoms with Gasteiger partial charge in [-0.3, -0.25) is 9.59 Å². The zero-order chi connectivity index (χ0) is 33.0. The minimum Gasteiger partial charge on any atom is -0.497 e. The molecule has 5 N–H and O–H groups in total. The van der Waals surface area contributed by atoms with Crippen LogP contribution in [-0.4, -0.2) is 118 Å². The van der Waals surface area contributed by atoms with Gasteiger partial charge in [-0.15, -0.1) is 0 Å². The topological polar surface area (TPSA) is 196 Å². The van der Waals surface area contributed by atoms with Gasteiger partial charge in [0.15, 0.2) is 10.9 Å². The molecule has 1 saturated carbocycles. The SMILES string of the molecule is CO/N=C(\C(=O)N[C@@H]1C(=O)C2C(C(=O)OCc3ccc(OC)cc3)=C(/C=C/C[N+]3(C)CC[C@H](O)[C@H](O)C3)CS[C@@H]21)c1nsc(N)n1. The average molecular weight is 674 g/mol. The number of hydrogen-bond acceptors (Lipinski definition) is 14. The van der Waals surface area contributed by atoms with Gasteiger partial charge in [0, 0.05) is 29.0 Å². The number of likely N-dealkylation sites (tertiary alicyclic amines) is 1. The molecule has 16 heteroatoms. The summed E-state index contributed by atoms with van der Waals surface area (Å²) < 4.78 is 15.4. The highest BCUT2D eigenvalue weighted by Crippen LogP contribution is 2.46. The first kappa shape index (κ1) is 33.5. The van der Waals surface area contributed by atoms with Crippen molar-refractivity contribution >= 4 is 51.8 Å². The van der Waals surface area contributed by atoms with E-state index in [9.17, 15) is 24.6 Å². The second kappa shape index (κ2) is 14.3. The molecule has 0 bridgehead atoms. The minimum absolute atomic E-state index is 0.00199. The number of esters is 1. The van der Waals surface area contributed by atoms with Crippen LogP contribution in [0.15, 0.2) is 52.7 Å². The predicted molar refractivity (Wildman–Crippen MR) is 171 cm³/mol. The fourth-order valence-corrected chi connectivity index (χ4v) is 7.70. The number of carbonyl (C=O) groups excluding carboxylic acids is 3. The van der Waals surface area contributed by atoms with Gasteiger partial charge in [-0.2, -0.15) is 21.1 Å². The Bertz CT molecular complexity index is 1560. The number of benzene rings is 1. The van der Waals surface area contributed by atoms with Crippen LogP contribution in [0.3, 0.4) is 0 Å². The zero-order valence-corrected chi connectivity index (χ0v) is 27.3.